The average Bonchev–Trinajstić information content (AvgIpc) is 3.22. The maximum atomic E-state index is 12.7. The van der Waals surface area contributed by atoms with Gasteiger partial charge in [0.1, 0.15) is 0 Å². The molecule has 2 aliphatic rings. The lowest BCUT2D eigenvalue weighted by molar-refractivity contribution is 0.0860. The molecule has 0 spiro atoms. The lowest BCUT2D eigenvalue weighted by Crippen LogP contribution is -2.38. The molecule has 98 valence electrons. The zero-order chi connectivity index (χ0) is 13.7. The Balaban J connectivity index is 1.76. The van der Waals surface area contributed by atoms with Crippen LogP contribution in [0.25, 0.3) is 0 Å². The molecule has 2 atom stereocenters. The normalized spacial score (nSPS) is 26.9. The fraction of sp³-hybridized carbons (Fsp3) is 0.176. The third-order valence-corrected chi connectivity index (χ3v) is 4.06. The molecule has 1 heterocycles. The molecule has 0 amide bonds. The van der Waals surface area contributed by atoms with E-state index < -0.39 is 11.7 Å². The highest BCUT2D eigenvalue weighted by molar-refractivity contribution is 6.22. The van der Waals surface area contributed by atoms with Crippen molar-refractivity contribution >= 4 is 11.6 Å². The van der Waals surface area contributed by atoms with Crippen molar-refractivity contribution in [3.63, 3.8) is 0 Å². The molecular weight excluding hydrogens is 252 g/mol. The molecule has 1 fully saturated rings. The molecule has 20 heavy (non-hydrogen) atoms. The van der Waals surface area contributed by atoms with Crippen LogP contribution in [0.15, 0.2) is 54.6 Å². The van der Waals surface area contributed by atoms with E-state index in [9.17, 15) is 9.59 Å². The van der Waals surface area contributed by atoms with Gasteiger partial charge in [0.05, 0.1) is 0 Å². The highest BCUT2D eigenvalue weighted by Gasteiger charge is 2.68. The van der Waals surface area contributed by atoms with E-state index in [1.165, 1.54) is 0 Å². The van der Waals surface area contributed by atoms with Crippen molar-refractivity contribution in [3.8, 4) is 0 Å². The lowest BCUT2D eigenvalue weighted by Gasteiger charge is -2.18. The summed E-state index contributed by atoms with van der Waals surface area (Å²) in [5.41, 5.74) is 1.02. The van der Waals surface area contributed by atoms with Crippen molar-refractivity contribution in [2.24, 2.45) is 0 Å². The second-order valence-corrected chi connectivity index (χ2v) is 5.29. The summed E-state index contributed by atoms with van der Waals surface area (Å²) in [7, 11) is 0. The maximum Gasteiger partial charge on any atom is 0.198 e. The van der Waals surface area contributed by atoms with Gasteiger partial charge in [0.25, 0.3) is 0 Å². The molecule has 1 aliphatic heterocycles. The Morgan fingerprint density at radius 3 is 2.30 bits per heavy atom. The van der Waals surface area contributed by atoms with Gasteiger partial charge in [-0.25, -0.2) is 0 Å². The Kier molecular flexibility index (Phi) is 2.24. The van der Waals surface area contributed by atoms with Crippen molar-refractivity contribution in [3.05, 3.63) is 71.3 Å². The van der Waals surface area contributed by atoms with Crippen LogP contribution < -0.4 is 0 Å². The van der Waals surface area contributed by atoms with E-state index >= 15 is 0 Å². The summed E-state index contributed by atoms with van der Waals surface area (Å²) in [6.07, 6.45) is -0.151. The van der Waals surface area contributed by atoms with Gasteiger partial charge >= 0.3 is 0 Å². The zero-order valence-corrected chi connectivity index (χ0v) is 10.7. The van der Waals surface area contributed by atoms with E-state index in [0.717, 1.165) is 5.56 Å². The molecular formula is C17H12O3. The quantitative estimate of drug-likeness (QED) is 0.783. The van der Waals surface area contributed by atoms with Crippen LogP contribution in [0.3, 0.4) is 0 Å². The minimum absolute atomic E-state index is 0.0680. The van der Waals surface area contributed by atoms with E-state index in [1.807, 2.05) is 30.3 Å². The SMILES string of the molecule is O=C1c2ccccc2C(=O)[C@@]2(Cc3ccccc3)O[C@@H]12. The first-order valence-corrected chi connectivity index (χ1v) is 6.62. The Morgan fingerprint density at radius 1 is 0.900 bits per heavy atom. The molecule has 0 unspecified atom stereocenters. The maximum absolute atomic E-state index is 12.7. The van der Waals surface area contributed by atoms with Crippen LogP contribution in [-0.2, 0) is 11.2 Å². The number of carbonyl (C=O) groups excluding carboxylic acids is 2. The number of epoxide rings is 1. The Bertz CT molecular complexity index is 720. The second-order valence-electron chi connectivity index (χ2n) is 5.29. The molecule has 0 radical (unpaired) electrons. The third-order valence-electron chi connectivity index (χ3n) is 4.06. The highest BCUT2D eigenvalue weighted by Crippen LogP contribution is 2.48. The molecule has 1 aliphatic carbocycles. The largest absolute Gasteiger partial charge is 0.348 e. The number of ketones is 2. The van der Waals surface area contributed by atoms with Crippen LogP contribution >= 0.6 is 0 Å². The molecule has 2 aromatic rings. The topological polar surface area (TPSA) is 46.7 Å². The van der Waals surface area contributed by atoms with Crippen LogP contribution in [0.1, 0.15) is 26.3 Å². The number of hydrogen-bond donors (Lipinski definition) is 0. The third kappa shape index (κ3) is 1.44. The summed E-state index contributed by atoms with van der Waals surface area (Å²) in [6, 6.07) is 16.6. The van der Waals surface area contributed by atoms with E-state index in [0.29, 0.717) is 17.5 Å². The number of carbonyl (C=O) groups is 2. The zero-order valence-electron chi connectivity index (χ0n) is 10.7. The van der Waals surface area contributed by atoms with Crippen molar-refractivity contribution in [2.75, 3.05) is 0 Å². The fourth-order valence-electron chi connectivity index (χ4n) is 2.99. The van der Waals surface area contributed by atoms with Crippen molar-refractivity contribution in [1.29, 1.82) is 0 Å². The molecule has 4 rings (SSSR count). The van der Waals surface area contributed by atoms with Crippen LogP contribution in [0.2, 0.25) is 0 Å². The number of Topliss-reactive ketones (excluding diaryl/α,β-unsaturated/α-hetero) is 2. The second kappa shape index (κ2) is 3.87. The lowest BCUT2D eigenvalue weighted by atomic mass is 9.79. The van der Waals surface area contributed by atoms with Crippen molar-refractivity contribution < 1.29 is 14.3 Å². The predicted octanol–water partition coefficient (Wildman–Crippen LogP) is 2.45. The first-order valence-electron chi connectivity index (χ1n) is 6.62. The summed E-state index contributed by atoms with van der Waals surface area (Å²) in [5.74, 6) is -0.141. The number of benzene rings is 2. The Hall–Kier alpha value is -2.26. The highest BCUT2D eigenvalue weighted by atomic mass is 16.6. The Labute approximate surface area is 116 Å². The van der Waals surface area contributed by atoms with Gasteiger partial charge in [-0.05, 0) is 5.56 Å². The van der Waals surface area contributed by atoms with Gasteiger partial charge in [0.2, 0.25) is 0 Å². The number of hydrogen-bond acceptors (Lipinski definition) is 3. The van der Waals surface area contributed by atoms with E-state index in [-0.39, 0.29) is 11.6 Å². The first kappa shape index (κ1) is 11.6. The molecule has 0 bridgehead atoms. The summed E-state index contributed by atoms with van der Waals surface area (Å²) in [4.78, 5) is 25.0. The first-order chi connectivity index (χ1) is 9.72. The predicted molar refractivity (Wildman–Crippen MR) is 72.9 cm³/mol. The minimum atomic E-state index is -0.965. The van der Waals surface area contributed by atoms with Gasteiger partial charge in [0, 0.05) is 17.5 Å². The van der Waals surface area contributed by atoms with E-state index in [1.54, 1.807) is 24.3 Å². The van der Waals surface area contributed by atoms with Gasteiger partial charge < -0.3 is 4.74 Å². The summed E-state index contributed by atoms with van der Waals surface area (Å²) >= 11 is 0. The summed E-state index contributed by atoms with van der Waals surface area (Å²) in [5, 5.41) is 0. The Morgan fingerprint density at radius 2 is 1.55 bits per heavy atom. The van der Waals surface area contributed by atoms with Crippen LogP contribution in [0.4, 0.5) is 0 Å². The van der Waals surface area contributed by atoms with Gasteiger partial charge in [-0.3, -0.25) is 9.59 Å². The smallest absolute Gasteiger partial charge is 0.198 e. The molecule has 3 heteroatoms. The minimum Gasteiger partial charge on any atom is -0.348 e. The van der Waals surface area contributed by atoms with Crippen molar-refractivity contribution in [2.45, 2.75) is 18.1 Å². The molecule has 2 aromatic carbocycles. The monoisotopic (exact) mass is 264 g/mol. The molecule has 3 nitrogen and oxygen atoms in total. The van der Waals surface area contributed by atoms with Gasteiger partial charge in [-0.15, -0.1) is 0 Å². The molecule has 0 aromatic heterocycles. The number of fused-ring (bicyclic) bond motifs is 2. The standard InChI is InChI=1S/C17H12O3/c18-14-12-8-4-5-9-13(12)15(19)17(16(14)20-17)10-11-6-2-1-3-7-11/h1-9,16H,10H2/t16-,17+/m0/s1. The number of ether oxygens (including phenoxy) is 1. The molecule has 1 saturated heterocycles. The van der Waals surface area contributed by atoms with Gasteiger partial charge in [0.15, 0.2) is 23.3 Å². The molecule has 0 N–H and O–H groups in total. The van der Waals surface area contributed by atoms with Crippen LogP contribution in [0, 0.1) is 0 Å². The number of rotatable bonds is 2. The molecule has 0 saturated carbocycles. The summed E-state index contributed by atoms with van der Waals surface area (Å²) < 4.78 is 5.58. The van der Waals surface area contributed by atoms with Gasteiger partial charge in [-0.1, -0.05) is 54.6 Å². The van der Waals surface area contributed by atoms with Crippen LogP contribution in [0.5, 0.6) is 0 Å². The van der Waals surface area contributed by atoms with Crippen molar-refractivity contribution in [1.82, 2.24) is 0 Å². The average molecular weight is 264 g/mol. The summed E-state index contributed by atoms with van der Waals surface area (Å²) in [6.45, 7) is 0. The fourth-order valence-corrected chi connectivity index (χ4v) is 2.99. The van der Waals surface area contributed by atoms with E-state index in [4.69, 9.17) is 4.74 Å². The van der Waals surface area contributed by atoms with E-state index in [2.05, 4.69) is 0 Å². The van der Waals surface area contributed by atoms with Gasteiger partial charge in [-0.2, -0.15) is 0 Å². The van der Waals surface area contributed by atoms with Crippen LogP contribution in [-0.4, -0.2) is 23.3 Å².